The molecule has 0 spiro atoms. The van der Waals surface area contributed by atoms with Crippen molar-refractivity contribution < 1.29 is 20.4 Å². The molecule has 0 aromatic heterocycles. The zero-order valence-electron chi connectivity index (χ0n) is 12.3. The van der Waals surface area contributed by atoms with Gasteiger partial charge in [-0.05, 0) is 0 Å². The Morgan fingerprint density at radius 2 is 1.71 bits per heavy atom. The first-order chi connectivity index (χ1) is 9.27. The Balaban J connectivity index is 0.00000110. The smallest absolute Gasteiger partial charge is 0.147 e. The van der Waals surface area contributed by atoms with Gasteiger partial charge in [0.15, 0.2) is 0 Å². The Morgan fingerprint density at radius 1 is 0.952 bits per heavy atom. The van der Waals surface area contributed by atoms with Crippen molar-refractivity contribution in [1.82, 2.24) is 0 Å². The Bertz CT molecular complexity index is 685. The monoisotopic (exact) mass is 412 g/mol. The second kappa shape index (κ2) is 8.48. The fourth-order valence-electron chi connectivity index (χ4n) is 2.83. The molecule has 4 heteroatoms. The number of fused-ring (bicyclic) bond motifs is 1. The molecule has 0 unspecified atom stereocenters. The number of halogens is 2. The summed E-state index contributed by atoms with van der Waals surface area (Å²) in [5, 5.41) is 0. The van der Waals surface area contributed by atoms with Crippen LogP contribution in [0.4, 0.5) is 0 Å². The van der Waals surface area contributed by atoms with Crippen molar-refractivity contribution in [1.29, 1.82) is 0 Å². The first-order valence-corrected chi connectivity index (χ1v) is 15.4. The van der Waals surface area contributed by atoms with Gasteiger partial charge in [-0.25, -0.2) is 0 Å². The molecule has 0 bridgehead atoms. The van der Waals surface area contributed by atoms with E-state index in [1.807, 2.05) is 0 Å². The molecule has 0 atom stereocenters. The van der Waals surface area contributed by atoms with E-state index in [1.165, 1.54) is 17.5 Å². The largest absolute Gasteiger partial charge is 0.147 e. The summed E-state index contributed by atoms with van der Waals surface area (Å²) in [5.74, 6) is 0. The summed E-state index contributed by atoms with van der Waals surface area (Å²) in [5.41, 5.74) is 2.72. The van der Waals surface area contributed by atoms with E-state index in [2.05, 4.69) is 73.8 Å². The van der Waals surface area contributed by atoms with Crippen molar-refractivity contribution in [2.24, 2.45) is 0 Å². The second-order valence-electron chi connectivity index (χ2n) is 5.23. The molecular weight excluding hydrogens is 394 g/mol. The maximum Gasteiger partial charge on any atom is -0.147 e. The number of allylic oxidation sites excluding steroid dienone is 4. The second-order valence-corrected chi connectivity index (χ2v) is 22.3. The number of hydrogen-bond acceptors (Lipinski definition) is 0. The molecule has 0 N–H and O–H groups in total. The molecule has 0 nitrogen and oxygen atoms in total. The molecule has 3 rings (SSSR count). The zero-order chi connectivity index (χ0) is 13.2. The molecule has 0 radical (unpaired) electrons. The Morgan fingerprint density at radius 3 is 2.38 bits per heavy atom. The summed E-state index contributed by atoms with van der Waals surface area (Å²) in [6.07, 6.45) is 8.21. The number of hydrogen-bond donors (Lipinski definition) is 0. The fourth-order valence-corrected chi connectivity index (χ4v) is 19.2. The molecule has 3 aliphatic carbocycles. The predicted octanol–water partition coefficient (Wildman–Crippen LogP) is 4.97. The van der Waals surface area contributed by atoms with Gasteiger partial charge in [0.05, 0.1) is 0 Å². The van der Waals surface area contributed by atoms with Crippen LogP contribution in [0.2, 0.25) is 13.1 Å². The first-order valence-electron chi connectivity index (χ1n) is 6.79. The molecule has 0 aliphatic heterocycles. The van der Waals surface area contributed by atoms with E-state index in [1.54, 1.807) is 6.55 Å². The number of rotatable bonds is 2. The van der Waals surface area contributed by atoms with Gasteiger partial charge in [0, 0.05) is 0 Å². The average molecular weight is 415 g/mol. The maximum atomic E-state index is 2.51. The molecule has 0 aromatic rings. The van der Waals surface area contributed by atoms with Crippen molar-refractivity contribution in [2.45, 2.75) is 19.5 Å². The SMILES string of the molecule is C[Si](C)=[Zr]([C]1=CC=CC1)[c]1ccc2cccccc1-2.Cl.Cl. The summed E-state index contributed by atoms with van der Waals surface area (Å²) < 4.78 is 3.52. The molecule has 0 saturated carbocycles. The van der Waals surface area contributed by atoms with Gasteiger partial charge in [-0.15, -0.1) is 24.8 Å². The van der Waals surface area contributed by atoms with Crippen LogP contribution in [-0.4, -0.2) is 5.43 Å². The van der Waals surface area contributed by atoms with Gasteiger partial charge in [0.2, 0.25) is 0 Å². The van der Waals surface area contributed by atoms with Gasteiger partial charge < -0.3 is 0 Å². The van der Waals surface area contributed by atoms with Crippen LogP contribution in [0.5, 0.6) is 0 Å². The van der Waals surface area contributed by atoms with Crippen molar-refractivity contribution in [2.75, 3.05) is 0 Å². The third kappa shape index (κ3) is 3.99. The topological polar surface area (TPSA) is 0 Å². The van der Waals surface area contributed by atoms with Crippen LogP contribution in [0.25, 0.3) is 11.1 Å². The summed E-state index contributed by atoms with van der Waals surface area (Å²) in [6, 6.07) is 15.8. The van der Waals surface area contributed by atoms with E-state index in [9.17, 15) is 0 Å². The third-order valence-corrected chi connectivity index (χ3v) is 20.4. The molecular formula is C17H20Cl2SiZr. The van der Waals surface area contributed by atoms with Crippen LogP contribution in [0.3, 0.4) is 0 Å². The Hall–Kier alpha value is -0.140. The minimum absolute atomic E-state index is 0. The molecule has 110 valence electrons. The summed E-state index contributed by atoms with van der Waals surface area (Å²) in [7, 11) is 0. The van der Waals surface area contributed by atoms with Gasteiger partial charge >= 0.3 is 124 Å². The van der Waals surface area contributed by atoms with Crippen molar-refractivity contribution in [3.05, 3.63) is 64.0 Å². The molecule has 0 fully saturated rings. The van der Waals surface area contributed by atoms with Crippen LogP contribution < -0.4 is 3.27 Å². The van der Waals surface area contributed by atoms with E-state index >= 15 is 0 Å². The molecule has 21 heavy (non-hydrogen) atoms. The quantitative estimate of drug-likeness (QED) is 0.609. The molecule has 3 aliphatic rings. The van der Waals surface area contributed by atoms with Gasteiger partial charge in [-0.3, -0.25) is 0 Å². The van der Waals surface area contributed by atoms with E-state index in [4.69, 9.17) is 0 Å². The van der Waals surface area contributed by atoms with Crippen LogP contribution in [0.15, 0.2) is 64.0 Å². The molecule has 0 heterocycles. The average Bonchev–Trinajstić information content (AvgIpc) is 2.96. The van der Waals surface area contributed by atoms with Crippen molar-refractivity contribution >= 4 is 33.5 Å². The van der Waals surface area contributed by atoms with Crippen LogP contribution in [-0.2, 0) is 20.4 Å². The van der Waals surface area contributed by atoms with E-state index in [0.717, 1.165) is 0 Å². The van der Waals surface area contributed by atoms with Gasteiger partial charge in [0.25, 0.3) is 0 Å². The van der Waals surface area contributed by atoms with Gasteiger partial charge in [-0.1, -0.05) is 0 Å². The standard InChI is InChI=1S/C10H7.C5H5.C2H6Si.2ClH.Zr/c1-2-5-9-7-4-8-10(9)6-3-1;1-2-4-5-3-1;1-3-2;;;/h1-7H;1-3H,4H2;1-2H3;2*1H;. The summed E-state index contributed by atoms with van der Waals surface area (Å²) in [6.45, 7) is 5.03. The Labute approximate surface area is 147 Å². The van der Waals surface area contributed by atoms with Crippen LogP contribution in [0.1, 0.15) is 6.42 Å². The normalized spacial score (nSPS) is 12.4. The molecule has 0 aromatic carbocycles. The first kappa shape index (κ1) is 18.9. The third-order valence-electron chi connectivity index (χ3n) is 3.65. The summed E-state index contributed by atoms with van der Waals surface area (Å²) >= 11 is -1.61. The summed E-state index contributed by atoms with van der Waals surface area (Å²) in [4.78, 5) is 0. The molecule has 0 saturated heterocycles. The maximum absolute atomic E-state index is 2.51. The van der Waals surface area contributed by atoms with E-state index in [0.29, 0.717) is 0 Å². The zero-order valence-corrected chi connectivity index (χ0v) is 17.4. The minimum atomic E-state index is -1.61. The Kier molecular flexibility index (Phi) is 7.64. The predicted molar refractivity (Wildman–Crippen MR) is 96.5 cm³/mol. The molecule has 0 amide bonds. The van der Waals surface area contributed by atoms with Crippen molar-refractivity contribution in [3.8, 4) is 11.1 Å². The van der Waals surface area contributed by atoms with Crippen LogP contribution in [0, 0.1) is 0 Å². The minimum Gasteiger partial charge on any atom is -0.147 e. The van der Waals surface area contributed by atoms with Crippen LogP contribution >= 0.6 is 24.8 Å². The van der Waals surface area contributed by atoms with Gasteiger partial charge in [0.1, 0.15) is 0 Å². The van der Waals surface area contributed by atoms with E-state index in [-0.39, 0.29) is 30.2 Å². The van der Waals surface area contributed by atoms with Crippen molar-refractivity contribution in [3.63, 3.8) is 0 Å². The van der Waals surface area contributed by atoms with E-state index < -0.39 is 20.4 Å². The van der Waals surface area contributed by atoms with Gasteiger partial charge in [-0.2, -0.15) is 0 Å². The fraction of sp³-hybridized carbons (Fsp3) is 0.176.